The predicted octanol–water partition coefficient (Wildman–Crippen LogP) is 2.84. The Balaban J connectivity index is 1.57. The third-order valence-electron chi connectivity index (χ3n) is 4.68. The summed E-state index contributed by atoms with van der Waals surface area (Å²) in [4.78, 5) is 12.2. The second-order valence-electron chi connectivity index (χ2n) is 6.51. The van der Waals surface area contributed by atoms with E-state index >= 15 is 0 Å². The number of piperidine rings is 1. The summed E-state index contributed by atoms with van der Waals surface area (Å²) >= 11 is 12.1. The summed E-state index contributed by atoms with van der Waals surface area (Å²) in [6.45, 7) is 0.394. The average molecular weight is 447 g/mol. The first-order chi connectivity index (χ1) is 13.3. The number of carbonyl (C=O) groups is 1. The Morgan fingerprint density at radius 3 is 2.43 bits per heavy atom. The van der Waals surface area contributed by atoms with Gasteiger partial charge in [-0.2, -0.15) is 4.31 Å². The van der Waals surface area contributed by atoms with Gasteiger partial charge >= 0.3 is 0 Å². The molecule has 1 aliphatic heterocycles. The van der Waals surface area contributed by atoms with Crippen molar-refractivity contribution >= 4 is 39.1 Å². The number of nitrogens with one attached hydrogen (secondary N) is 1. The van der Waals surface area contributed by atoms with Crippen molar-refractivity contribution in [3.63, 3.8) is 0 Å². The lowest BCUT2D eigenvalue weighted by molar-refractivity contribution is -0.126. The van der Waals surface area contributed by atoms with Gasteiger partial charge < -0.3 is 14.8 Å². The van der Waals surface area contributed by atoms with Crippen LogP contribution in [0.3, 0.4) is 0 Å². The standard InChI is InChI=1S/C18H20Cl2N2O5S/c19-13-3-1-4-14(20)17(13)28(25,26)22-8-6-12(7-9-22)18(24)21-11-15(23)16-5-2-10-27-16/h1-5,10,12,15,23H,6-9,11H2,(H,21,24). The van der Waals surface area contributed by atoms with Crippen molar-refractivity contribution in [2.45, 2.75) is 23.8 Å². The molecule has 152 valence electrons. The number of halogens is 2. The molecule has 3 rings (SSSR count). The Kier molecular flexibility index (Phi) is 6.67. The van der Waals surface area contributed by atoms with E-state index in [2.05, 4.69) is 5.32 Å². The molecule has 0 bridgehead atoms. The lowest BCUT2D eigenvalue weighted by atomic mass is 9.97. The molecule has 2 heterocycles. The van der Waals surface area contributed by atoms with Crippen LogP contribution in [0.2, 0.25) is 10.0 Å². The molecule has 1 atom stereocenters. The van der Waals surface area contributed by atoms with Gasteiger partial charge in [0.25, 0.3) is 0 Å². The van der Waals surface area contributed by atoms with Crippen LogP contribution in [0.4, 0.5) is 0 Å². The number of rotatable bonds is 6. The first kappa shape index (κ1) is 21.1. The highest BCUT2D eigenvalue weighted by atomic mass is 35.5. The molecule has 7 nitrogen and oxygen atoms in total. The lowest BCUT2D eigenvalue weighted by Crippen LogP contribution is -2.43. The average Bonchev–Trinajstić information content (AvgIpc) is 3.20. The van der Waals surface area contributed by atoms with Gasteiger partial charge in [0.15, 0.2) is 0 Å². The first-order valence-electron chi connectivity index (χ1n) is 8.74. The molecule has 1 aromatic heterocycles. The van der Waals surface area contributed by atoms with Crippen LogP contribution >= 0.6 is 23.2 Å². The SMILES string of the molecule is O=C(NCC(O)c1ccco1)C1CCN(S(=O)(=O)c2c(Cl)cccc2Cl)CC1. The minimum atomic E-state index is -3.84. The fourth-order valence-corrected chi connectivity index (χ4v) is 5.70. The van der Waals surface area contributed by atoms with Crippen molar-refractivity contribution in [3.8, 4) is 0 Å². The van der Waals surface area contributed by atoms with Gasteiger partial charge in [0, 0.05) is 19.0 Å². The molecule has 0 radical (unpaired) electrons. The number of nitrogens with zero attached hydrogens (tertiary/aromatic N) is 1. The van der Waals surface area contributed by atoms with Gasteiger partial charge in [-0.25, -0.2) is 8.42 Å². The Morgan fingerprint density at radius 2 is 1.86 bits per heavy atom. The minimum absolute atomic E-state index is 0.0279. The van der Waals surface area contributed by atoms with Crippen LogP contribution in [-0.4, -0.2) is 43.4 Å². The van der Waals surface area contributed by atoms with E-state index in [-0.39, 0.29) is 46.4 Å². The van der Waals surface area contributed by atoms with Crippen LogP contribution in [0.25, 0.3) is 0 Å². The molecule has 1 aliphatic rings. The second kappa shape index (κ2) is 8.84. The molecular formula is C18H20Cl2N2O5S. The number of aliphatic hydroxyl groups excluding tert-OH is 1. The number of carbonyl (C=O) groups excluding carboxylic acids is 1. The number of benzene rings is 1. The normalized spacial score (nSPS) is 17.4. The molecular weight excluding hydrogens is 427 g/mol. The Morgan fingerprint density at radius 1 is 1.21 bits per heavy atom. The number of furan rings is 1. The monoisotopic (exact) mass is 446 g/mol. The zero-order chi connectivity index (χ0) is 20.3. The van der Waals surface area contributed by atoms with Crippen molar-refractivity contribution in [1.82, 2.24) is 9.62 Å². The summed E-state index contributed by atoms with van der Waals surface area (Å²) < 4.78 is 32.1. The van der Waals surface area contributed by atoms with E-state index in [1.54, 1.807) is 18.2 Å². The summed E-state index contributed by atoms with van der Waals surface area (Å²) in [6.07, 6.45) is 1.25. The molecule has 1 unspecified atom stereocenters. The Labute approximate surface area is 173 Å². The molecule has 10 heteroatoms. The highest BCUT2D eigenvalue weighted by Gasteiger charge is 2.34. The number of amides is 1. The van der Waals surface area contributed by atoms with Crippen molar-refractivity contribution < 1.29 is 22.7 Å². The predicted molar refractivity (Wildman–Crippen MR) is 105 cm³/mol. The maximum atomic E-state index is 12.9. The van der Waals surface area contributed by atoms with E-state index < -0.39 is 16.1 Å². The van der Waals surface area contributed by atoms with Crippen LogP contribution in [0, 0.1) is 5.92 Å². The van der Waals surface area contributed by atoms with Crippen LogP contribution in [0.5, 0.6) is 0 Å². The van der Waals surface area contributed by atoms with E-state index in [4.69, 9.17) is 27.6 Å². The maximum Gasteiger partial charge on any atom is 0.246 e. The van der Waals surface area contributed by atoms with Gasteiger partial charge in [-0.15, -0.1) is 0 Å². The van der Waals surface area contributed by atoms with Crippen LogP contribution in [-0.2, 0) is 14.8 Å². The largest absolute Gasteiger partial charge is 0.467 e. The fraction of sp³-hybridized carbons (Fsp3) is 0.389. The van der Waals surface area contributed by atoms with E-state index in [1.165, 1.54) is 22.7 Å². The number of hydrogen-bond donors (Lipinski definition) is 2. The number of sulfonamides is 1. The third kappa shape index (κ3) is 4.52. The Bertz CT molecular complexity index is 905. The van der Waals surface area contributed by atoms with E-state index in [0.717, 1.165) is 0 Å². The van der Waals surface area contributed by atoms with E-state index in [9.17, 15) is 18.3 Å². The third-order valence-corrected chi connectivity index (χ3v) is 7.54. The van der Waals surface area contributed by atoms with Gasteiger partial charge in [0.2, 0.25) is 15.9 Å². The summed E-state index contributed by atoms with van der Waals surface area (Å²) in [5, 5.41) is 12.8. The maximum absolute atomic E-state index is 12.9. The van der Waals surface area contributed by atoms with Gasteiger partial charge in [0.1, 0.15) is 16.8 Å². The Hall–Kier alpha value is -1.58. The molecule has 28 heavy (non-hydrogen) atoms. The molecule has 0 saturated carbocycles. The summed E-state index contributed by atoms with van der Waals surface area (Å²) in [5.74, 6) is -0.187. The van der Waals surface area contributed by atoms with Crippen molar-refractivity contribution in [2.75, 3.05) is 19.6 Å². The number of aliphatic hydroxyl groups is 1. The van der Waals surface area contributed by atoms with Crippen LogP contribution in [0.1, 0.15) is 24.7 Å². The summed E-state index contributed by atoms with van der Waals surface area (Å²) in [6, 6.07) is 7.81. The second-order valence-corrected chi connectivity index (χ2v) is 9.19. The summed E-state index contributed by atoms with van der Waals surface area (Å²) in [7, 11) is -3.84. The van der Waals surface area contributed by atoms with Gasteiger partial charge in [-0.05, 0) is 37.1 Å². The number of hydrogen-bond acceptors (Lipinski definition) is 5. The van der Waals surface area contributed by atoms with Crippen LogP contribution in [0.15, 0.2) is 45.9 Å². The van der Waals surface area contributed by atoms with Crippen molar-refractivity contribution in [2.24, 2.45) is 5.92 Å². The molecule has 2 N–H and O–H groups in total. The van der Waals surface area contributed by atoms with Crippen molar-refractivity contribution in [1.29, 1.82) is 0 Å². The quantitative estimate of drug-likeness (QED) is 0.710. The van der Waals surface area contributed by atoms with E-state index in [1.807, 2.05) is 0 Å². The van der Waals surface area contributed by atoms with Gasteiger partial charge in [-0.1, -0.05) is 29.3 Å². The van der Waals surface area contributed by atoms with Gasteiger partial charge in [0.05, 0.1) is 22.9 Å². The molecule has 0 aliphatic carbocycles. The minimum Gasteiger partial charge on any atom is -0.467 e. The first-order valence-corrected chi connectivity index (χ1v) is 10.9. The molecule has 1 fully saturated rings. The zero-order valence-corrected chi connectivity index (χ0v) is 17.2. The van der Waals surface area contributed by atoms with Crippen LogP contribution < -0.4 is 5.32 Å². The highest BCUT2D eigenvalue weighted by molar-refractivity contribution is 7.89. The highest BCUT2D eigenvalue weighted by Crippen LogP contribution is 2.33. The molecule has 0 spiro atoms. The lowest BCUT2D eigenvalue weighted by Gasteiger charge is -2.31. The molecule has 1 saturated heterocycles. The zero-order valence-electron chi connectivity index (χ0n) is 14.8. The fourth-order valence-electron chi connectivity index (χ4n) is 3.14. The smallest absolute Gasteiger partial charge is 0.246 e. The molecule has 2 aromatic rings. The summed E-state index contributed by atoms with van der Waals surface area (Å²) in [5.41, 5.74) is 0. The van der Waals surface area contributed by atoms with Crippen molar-refractivity contribution in [3.05, 3.63) is 52.4 Å². The van der Waals surface area contributed by atoms with E-state index in [0.29, 0.717) is 18.6 Å². The topological polar surface area (TPSA) is 99.8 Å². The molecule has 1 aromatic carbocycles. The van der Waals surface area contributed by atoms with Gasteiger partial charge in [-0.3, -0.25) is 4.79 Å². The molecule has 1 amide bonds.